The van der Waals surface area contributed by atoms with Crippen LogP contribution in [0.1, 0.15) is 8.35 Å². The first-order valence-corrected chi connectivity index (χ1v) is 9.30. The van der Waals surface area contributed by atoms with Crippen molar-refractivity contribution < 1.29 is 9.84 Å². The summed E-state index contributed by atoms with van der Waals surface area (Å²) < 4.78 is 24.4. The van der Waals surface area contributed by atoms with Crippen LogP contribution in [0.4, 0.5) is 0 Å². The van der Waals surface area contributed by atoms with Gasteiger partial charge in [-0.2, -0.15) is 0 Å². The maximum Gasteiger partial charge on any atom is 0.178 e. The van der Waals surface area contributed by atoms with Crippen molar-refractivity contribution in [1.29, 1.82) is 0 Å². The van der Waals surface area contributed by atoms with Crippen molar-refractivity contribution in [1.82, 2.24) is 15.0 Å². The number of rotatable bonds is 3. The van der Waals surface area contributed by atoms with Gasteiger partial charge in [-0.1, -0.05) is 31.2 Å². The average molecular weight is 339 g/mol. The summed E-state index contributed by atoms with van der Waals surface area (Å²) in [5, 5.41) is 0.951. The van der Waals surface area contributed by atoms with Crippen molar-refractivity contribution >= 4 is 31.9 Å². The monoisotopic (exact) mass is 339 g/mol. The number of hydrogen-bond acceptors (Lipinski definition) is 4. The number of aromatic nitrogens is 3. The van der Waals surface area contributed by atoms with Gasteiger partial charge in [0.2, 0.25) is 0 Å². The Morgan fingerprint density at radius 2 is 1.88 bits per heavy atom. The van der Waals surface area contributed by atoms with Crippen LogP contribution in [0.15, 0.2) is 59.8 Å². The summed E-state index contributed by atoms with van der Waals surface area (Å²) in [5.41, 5.74) is 4.22. The van der Waals surface area contributed by atoms with Gasteiger partial charge in [0.25, 0.3) is 0 Å². The van der Waals surface area contributed by atoms with Gasteiger partial charge in [0.1, 0.15) is 5.52 Å². The molecule has 2 aromatic heterocycles. The lowest BCUT2D eigenvalue weighted by atomic mass is 10.0. The third-order valence-corrected chi connectivity index (χ3v) is 5.87. The Kier molecular flexibility index (Phi) is 3.35. The van der Waals surface area contributed by atoms with Gasteiger partial charge in [-0.25, -0.2) is 13.4 Å². The molecule has 2 aromatic carbocycles. The van der Waals surface area contributed by atoms with Crippen LogP contribution in [0.25, 0.3) is 33.2 Å². The highest BCUT2D eigenvalue weighted by Crippen LogP contribution is 2.33. The molecule has 0 aliphatic rings. The number of fused-ring (bicyclic) bond motifs is 3. The van der Waals surface area contributed by atoms with Crippen LogP contribution in [0, 0.1) is 0 Å². The topological polar surface area (TPSA) is 75.7 Å². The SMILES string of the molecule is CCS(=O)(=O)c1cccc(-c2cccc3[nH]c4nccnc4c23)c1.[HH]. The highest BCUT2D eigenvalue weighted by atomic mass is 32.2. The van der Waals surface area contributed by atoms with Crippen LogP contribution in [0.3, 0.4) is 0 Å². The molecule has 0 saturated carbocycles. The molecule has 0 aliphatic carbocycles. The van der Waals surface area contributed by atoms with Crippen LogP contribution in [0.5, 0.6) is 0 Å². The van der Waals surface area contributed by atoms with Gasteiger partial charge in [-0.05, 0) is 29.3 Å². The predicted molar refractivity (Wildman–Crippen MR) is 96.7 cm³/mol. The van der Waals surface area contributed by atoms with E-state index in [4.69, 9.17) is 0 Å². The fraction of sp³-hybridized carbons (Fsp3) is 0.111. The molecule has 4 aromatic rings. The highest BCUT2D eigenvalue weighted by molar-refractivity contribution is 7.91. The maximum atomic E-state index is 12.2. The zero-order chi connectivity index (χ0) is 16.7. The summed E-state index contributed by atoms with van der Waals surface area (Å²) >= 11 is 0. The van der Waals surface area contributed by atoms with E-state index in [1.807, 2.05) is 24.3 Å². The zero-order valence-corrected chi connectivity index (χ0v) is 13.8. The number of benzene rings is 2. The van der Waals surface area contributed by atoms with Gasteiger partial charge in [0.05, 0.1) is 10.6 Å². The van der Waals surface area contributed by atoms with E-state index >= 15 is 0 Å². The molecule has 5 nitrogen and oxygen atoms in total. The minimum Gasteiger partial charge on any atom is -0.338 e. The van der Waals surface area contributed by atoms with Gasteiger partial charge in [0.15, 0.2) is 15.5 Å². The molecule has 0 spiro atoms. The molecule has 0 saturated heterocycles. The Morgan fingerprint density at radius 1 is 1.08 bits per heavy atom. The zero-order valence-electron chi connectivity index (χ0n) is 13.0. The number of H-pyrrole nitrogens is 1. The van der Waals surface area contributed by atoms with E-state index in [9.17, 15) is 8.42 Å². The van der Waals surface area contributed by atoms with Crippen molar-refractivity contribution in [2.24, 2.45) is 0 Å². The minimum atomic E-state index is -3.25. The molecule has 6 heteroatoms. The van der Waals surface area contributed by atoms with Gasteiger partial charge in [-0.15, -0.1) is 0 Å². The summed E-state index contributed by atoms with van der Waals surface area (Å²) in [6, 6.07) is 12.9. The minimum absolute atomic E-state index is 0. The van der Waals surface area contributed by atoms with Gasteiger partial charge in [-0.3, -0.25) is 4.98 Å². The second-order valence-corrected chi connectivity index (χ2v) is 7.82. The molecule has 0 atom stereocenters. The largest absolute Gasteiger partial charge is 0.338 e. The average Bonchev–Trinajstić information content (AvgIpc) is 3.00. The lowest BCUT2D eigenvalue weighted by Crippen LogP contribution is -2.03. The molecule has 0 amide bonds. The predicted octanol–water partition coefficient (Wildman–Crippen LogP) is 3.82. The third-order valence-electron chi connectivity index (χ3n) is 4.14. The van der Waals surface area contributed by atoms with Crippen molar-refractivity contribution in [3.05, 3.63) is 54.9 Å². The van der Waals surface area contributed by atoms with Gasteiger partial charge >= 0.3 is 0 Å². The van der Waals surface area contributed by atoms with Crippen LogP contribution in [-0.4, -0.2) is 29.1 Å². The first kappa shape index (κ1) is 14.8. The molecule has 0 fully saturated rings. The number of hydrogen-bond donors (Lipinski definition) is 1. The summed E-state index contributed by atoms with van der Waals surface area (Å²) in [4.78, 5) is 12.3. The Balaban J connectivity index is 0.00000182. The smallest absolute Gasteiger partial charge is 0.178 e. The first-order valence-electron chi connectivity index (χ1n) is 7.65. The standard InChI is InChI=1S/C18H15N3O2S.H2/c1-2-24(22,23)13-6-3-5-12(11-13)14-7-4-8-15-16(14)17-18(21-15)20-10-9-19-17;/h3-11H,2H2,1H3,(H,20,21);1H. The van der Waals surface area contributed by atoms with Crippen LogP contribution >= 0.6 is 0 Å². The molecule has 0 radical (unpaired) electrons. The van der Waals surface area contributed by atoms with E-state index in [0.717, 1.165) is 33.2 Å². The van der Waals surface area contributed by atoms with E-state index in [2.05, 4.69) is 15.0 Å². The molecular formula is C18H17N3O2S. The fourth-order valence-corrected chi connectivity index (χ4v) is 3.84. The summed E-state index contributed by atoms with van der Waals surface area (Å²) in [6.07, 6.45) is 3.30. The van der Waals surface area contributed by atoms with Crippen LogP contribution < -0.4 is 0 Å². The quantitative estimate of drug-likeness (QED) is 0.616. The molecule has 24 heavy (non-hydrogen) atoms. The summed E-state index contributed by atoms with van der Waals surface area (Å²) in [7, 11) is -3.25. The lowest BCUT2D eigenvalue weighted by molar-refractivity contribution is 0.597. The van der Waals surface area contributed by atoms with E-state index in [-0.39, 0.29) is 7.18 Å². The van der Waals surface area contributed by atoms with Crippen LogP contribution in [-0.2, 0) is 9.84 Å². The molecular weight excluding hydrogens is 322 g/mol. The number of sulfone groups is 1. The second kappa shape index (κ2) is 5.42. The summed E-state index contributed by atoms with van der Waals surface area (Å²) in [5.74, 6) is 0.0826. The van der Waals surface area contributed by atoms with E-state index < -0.39 is 9.84 Å². The normalized spacial score (nSPS) is 12.0. The molecule has 0 unspecified atom stereocenters. The van der Waals surface area contributed by atoms with Gasteiger partial charge < -0.3 is 4.98 Å². The van der Waals surface area contributed by atoms with Crippen molar-refractivity contribution in [2.75, 3.05) is 5.75 Å². The summed E-state index contributed by atoms with van der Waals surface area (Å²) in [6.45, 7) is 1.65. The molecule has 0 bridgehead atoms. The van der Waals surface area contributed by atoms with E-state index in [1.165, 1.54) is 0 Å². The Bertz CT molecular complexity index is 1170. The van der Waals surface area contributed by atoms with Crippen molar-refractivity contribution in [3.8, 4) is 11.1 Å². The van der Waals surface area contributed by atoms with Crippen molar-refractivity contribution in [2.45, 2.75) is 11.8 Å². The second-order valence-electron chi connectivity index (χ2n) is 5.54. The van der Waals surface area contributed by atoms with Crippen LogP contribution in [0.2, 0.25) is 0 Å². The molecule has 122 valence electrons. The van der Waals surface area contributed by atoms with E-state index in [1.54, 1.807) is 37.5 Å². The molecule has 0 aliphatic heterocycles. The number of aromatic amines is 1. The highest BCUT2D eigenvalue weighted by Gasteiger charge is 2.15. The van der Waals surface area contributed by atoms with Gasteiger partial charge in [0, 0.05) is 24.7 Å². The number of nitrogens with zero attached hydrogens (tertiary/aromatic N) is 2. The number of nitrogens with one attached hydrogen (secondary N) is 1. The first-order chi connectivity index (χ1) is 11.6. The Labute approximate surface area is 140 Å². The Morgan fingerprint density at radius 3 is 2.71 bits per heavy atom. The molecule has 1 N–H and O–H groups in total. The third kappa shape index (κ3) is 2.27. The lowest BCUT2D eigenvalue weighted by Gasteiger charge is -2.07. The molecule has 2 heterocycles. The molecule has 4 rings (SSSR count). The van der Waals surface area contributed by atoms with E-state index in [0.29, 0.717) is 4.90 Å². The fourth-order valence-electron chi connectivity index (χ4n) is 2.92. The van der Waals surface area contributed by atoms with Crippen molar-refractivity contribution in [3.63, 3.8) is 0 Å². The Hall–Kier alpha value is -2.73. The maximum absolute atomic E-state index is 12.2.